The van der Waals surface area contributed by atoms with Crippen LogP contribution in [0, 0.1) is 27.7 Å². The van der Waals surface area contributed by atoms with Gasteiger partial charge in [-0.15, -0.1) is 13.2 Å². The van der Waals surface area contributed by atoms with Crippen molar-refractivity contribution in [1.82, 2.24) is 29.9 Å². The Balaban J connectivity index is 0.714. The first-order valence-corrected chi connectivity index (χ1v) is 32.8. The van der Waals surface area contributed by atoms with E-state index >= 15 is 0 Å². The zero-order valence-electron chi connectivity index (χ0n) is 55.8. The number of benzene rings is 10. The maximum Gasteiger partial charge on any atom is 0.167 e. The van der Waals surface area contributed by atoms with E-state index in [-0.39, 0.29) is 118 Å². The van der Waals surface area contributed by atoms with Gasteiger partial charge in [0.05, 0.1) is 38.8 Å². The summed E-state index contributed by atoms with van der Waals surface area (Å²) in [6.45, 7) is 14.9. The maximum atomic E-state index is 11.5. The molecule has 0 bridgehead atoms. The summed E-state index contributed by atoms with van der Waals surface area (Å²) in [5, 5.41) is 89.5. The van der Waals surface area contributed by atoms with Crippen LogP contribution in [0.15, 0.2) is 219 Å². The van der Waals surface area contributed by atoms with Crippen molar-refractivity contribution in [2.75, 3.05) is 26.4 Å². The molecule has 1 aliphatic rings. The number of phenols is 6. The van der Waals surface area contributed by atoms with Gasteiger partial charge in [0.25, 0.3) is 0 Å². The number of hydrogen-bond acceptors (Lipinski definition) is 18. The molecule has 13 rings (SSSR count). The fourth-order valence-electron chi connectivity index (χ4n) is 12.8. The Morgan fingerprint density at radius 2 is 0.624 bits per heavy atom. The van der Waals surface area contributed by atoms with Gasteiger partial charge in [0.1, 0.15) is 96.1 Å². The van der Waals surface area contributed by atoms with Crippen LogP contribution in [0.5, 0.6) is 57.5 Å². The third-order valence-corrected chi connectivity index (χ3v) is 17.7. The second-order valence-electron chi connectivity index (χ2n) is 25.1. The number of hydrogen-bond donors (Lipinski definition) is 8. The number of aromatic nitrogens is 6. The van der Waals surface area contributed by atoms with E-state index in [0.717, 1.165) is 66.8 Å². The van der Waals surface area contributed by atoms with E-state index in [0.29, 0.717) is 46.6 Å². The number of nitrogens with zero attached hydrogens (tertiary/aromatic N) is 6. The molecule has 2 unspecified atom stereocenters. The average molecular weight is 1350 g/mol. The lowest BCUT2D eigenvalue weighted by Gasteiger charge is -2.35. The van der Waals surface area contributed by atoms with Crippen LogP contribution in [0.25, 0.3) is 79.5 Å². The summed E-state index contributed by atoms with van der Waals surface area (Å²) in [7, 11) is 0. The number of allylic oxidation sites excluding steroid dienone is 2. The first kappa shape index (κ1) is 67.2. The Bertz CT molecular complexity index is 4720. The van der Waals surface area contributed by atoms with Crippen molar-refractivity contribution in [3.63, 3.8) is 0 Å². The van der Waals surface area contributed by atoms with E-state index in [2.05, 4.69) is 91.6 Å². The summed E-state index contributed by atoms with van der Waals surface area (Å²) in [5.74, 6) is 1.60. The molecular weight excluding hydrogens is 1270 g/mol. The summed E-state index contributed by atoms with van der Waals surface area (Å²) in [4.78, 5) is 27.8. The molecule has 0 saturated carbocycles. The second kappa shape index (κ2) is 28.6. The molecule has 2 heterocycles. The van der Waals surface area contributed by atoms with Crippen LogP contribution in [0.3, 0.4) is 0 Å². The SMILES string of the molecule is C=CCc1cc(C2(c3ccc(OCC(O)COc4ccc(-c5nc(-c6ccc(C)cc6O)nc(-c6ccc(C)cc6O)n5)c(O)c4)c(CC=C)c3)c3ccccc3-c3ccccc32)ccc1OCC(O)COc1ccc(-c2nc(-c3ccc(C)cc3O)nc(-c3ccc(C)cc3O)n2)c(O)c1. The Morgan fingerprint density at radius 3 is 0.921 bits per heavy atom. The molecule has 0 saturated heterocycles. The molecule has 0 radical (unpaired) electrons. The quantitative estimate of drug-likeness (QED) is 0.0261. The monoisotopic (exact) mass is 1340 g/mol. The van der Waals surface area contributed by atoms with Gasteiger partial charge in [-0.05, 0) is 192 Å². The number of fused-ring (bicyclic) bond motifs is 3. The Hall–Kier alpha value is -12.4. The zero-order chi connectivity index (χ0) is 70.6. The first-order chi connectivity index (χ1) is 48.8. The van der Waals surface area contributed by atoms with E-state index in [4.69, 9.17) is 18.9 Å². The molecule has 12 aromatic rings. The van der Waals surface area contributed by atoms with Crippen LogP contribution in [-0.2, 0) is 18.3 Å². The summed E-state index contributed by atoms with van der Waals surface area (Å²) in [5.41, 5.74) is 12.1. The molecule has 2 atom stereocenters. The third-order valence-electron chi connectivity index (χ3n) is 17.7. The zero-order valence-corrected chi connectivity index (χ0v) is 55.8. The fraction of sp³-hybridized carbons (Fsp3) is 0.157. The van der Waals surface area contributed by atoms with Gasteiger partial charge in [-0.2, -0.15) is 0 Å². The smallest absolute Gasteiger partial charge is 0.167 e. The highest BCUT2D eigenvalue weighted by atomic mass is 16.5. The number of rotatable bonds is 24. The third kappa shape index (κ3) is 13.8. The molecule has 1 aliphatic carbocycles. The minimum Gasteiger partial charge on any atom is -0.507 e. The highest BCUT2D eigenvalue weighted by Gasteiger charge is 2.46. The molecule has 0 aliphatic heterocycles. The predicted octanol–water partition coefficient (Wildman–Crippen LogP) is 15.0. The van der Waals surface area contributed by atoms with Gasteiger partial charge in [-0.25, -0.2) is 29.9 Å². The Kier molecular flexibility index (Phi) is 19.0. The lowest BCUT2D eigenvalue weighted by molar-refractivity contribution is 0.0623. The molecule has 0 amide bonds. The Labute approximate surface area is 583 Å². The minimum atomic E-state index is -1.11. The van der Waals surface area contributed by atoms with Gasteiger partial charge in [-0.3, -0.25) is 0 Å². The van der Waals surface area contributed by atoms with E-state index in [1.54, 1.807) is 84.9 Å². The molecule has 0 fully saturated rings. The van der Waals surface area contributed by atoms with Crippen molar-refractivity contribution < 1.29 is 59.8 Å². The van der Waals surface area contributed by atoms with Gasteiger partial charge < -0.3 is 59.8 Å². The lowest BCUT2D eigenvalue weighted by Crippen LogP contribution is -2.29. The Morgan fingerprint density at radius 1 is 0.337 bits per heavy atom. The minimum absolute atomic E-state index is 0.0479. The van der Waals surface area contributed by atoms with Crippen molar-refractivity contribution in [2.45, 2.75) is 58.2 Å². The second-order valence-corrected chi connectivity index (χ2v) is 25.1. The van der Waals surface area contributed by atoms with Gasteiger partial charge in [0.15, 0.2) is 34.9 Å². The largest absolute Gasteiger partial charge is 0.507 e. The number of aryl methyl sites for hydroxylation is 4. The van der Waals surface area contributed by atoms with Gasteiger partial charge in [-0.1, -0.05) is 109 Å². The number of ether oxygens (including phenoxy) is 4. The normalized spacial score (nSPS) is 12.6. The summed E-state index contributed by atoms with van der Waals surface area (Å²) in [6.07, 6.45) is 2.26. The fourth-order valence-corrected chi connectivity index (χ4v) is 12.8. The standard InChI is InChI=1S/C83H72N6O12/c1-7-13-51-39-53(23-33-75(51)100-45-55(90)43-98-57-25-31-65(73(96)41-57)81-86-77(61-27-19-47(3)35-69(61)92)84-78(87-81)62-28-20-48(4)36-70(62)93)83(67-17-11-9-15-59(67)60-16-10-12-18-68(60)83)54-24-34-76(52(40-54)14-8-2)101-46-56(91)44-99-58-26-32-66(74(97)42-58)82-88-79(63-29-21-49(5)37-71(63)94)85-80(89-82)64-30-22-50(6)38-72(64)95/h7-12,15-42,55-56,90-97H,1-2,13-14,43-46H2,3-6H3. The van der Waals surface area contributed by atoms with Crippen molar-refractivity contribution >= 4 is 0 Å². The number of phenolic OH excluding ortho intramolecular Hbond substituents is 6. The molecule has 0 spiro atoms. The van der Waals surface area contributed by atoms with Gasteiger partial charge in [0, 0.05) is 12.1 Å². The summed E-state index contributed by atoms with van der Waals surface area (Å²) < 4.78 is 24.9. The van der Waals surface area contributed by atoms with E-state index in [1.807, 2.05) is 88.4 Å². The van der Waals surface area contributed by atoms with Crippen LogP contribution >= 0.6 is 0 Å². The maximum absolute atomic E-state index is 11.5. The van der Waals surface area contributed by atoms with Crippen LogP contribution in [0.2, 0.25) is 0 Å². The van der Waals surface area contributed by atoms with E-state index in [9.17, 15) is 40.9 Å². The highest BCUT2D eigenvalue weighted by molar-refractivity contribution is 5.87. The van der Waals surface area contributed by atoms with Crippen LogP contribution in [0.4, 0.5) is 0 Å². The van der Waals surface area contributed by atoms with Crippen LogP contribution in [0.1, 0.15) is 55.6 Å². The highest BCUT2D eigenvalue weighted by Crippen LogP contribution is 2.57. The summed E-state index contributed by atoms with van der Waals surface area (Å²) >= 11 is 0. The van der Waals surface area contributed by atoms with Gasteiger partial charge in [0.2, 0.25) is 0 Å². The predicted molar refractivity (Wildman–Crippen MR) is 387 cm³/mol. The average Bonchev–Trinajstić information content (AvgIpc) is 1.55. The molecule has 18 nitrogen and oxygen atoms in total. The molecule has 18 heteroatoms. The van der Waals surface area contributed by atoms with Crippen LogP contribution < -0.4 is 18.9 Å². The first-order valence-electron chi connectivity index (χ1n) is 32.8. The van der Waals surface area contributed by atoms with E-state index in [1.165, 1.54) is 12.1 Å². The molecule has 2 aromatic heterocycles. The van der Waals surface area contributed by atoms with Gasteiger partial charge >= 0.3 is 0 Å². The summed E-state index contributed by atoms with van der Waals surface area (Å²) in [6, 6.07) is 58.5. The molecule has 10 aromatic carbocycles. The van der Waals surface area contributed by atoms with Crippen molar-refractivity contribution in [1.29, 1.82) is 0 Å². The molecule has 506 valence electrons. The number of aliphatic hydroxyl groups is 2. The molecular formula is C83H72N6O12. The molecule has 8 N–H and O–H groups in total. The van der Waals surface area contributed by atoms with Crippen molar-refractivity contribution in [3.05, 3.63) is 275 Å². The van der Waals surface area contributed by atoms with E-state index < -0.39 is 17.6 Å². The van der Waals surface area contributed by atoms with Crippen molar-refractivity contribution in [3.8, 4) is 137 Å². The lowest BCUT2D eigenvalue weighted by atomic mass is 9.67. The molecule has 101 heavy (non-hydrogen) atoms. The number of aromatic hydroxyl groups is 6. The van der Waals surface area contributed by atoms with Crippen LogP contribution in [-0.4, -0.2) is 109 Å². The van der Waals surface area contributed by atoms with Crippen molar-refractivity contribution in [2.24, 2.45) is 0 Å². The topological polar surface area (TPSA) is 276 Å². The number of aliphatic hydroxyl groups excluding tert-OH is 2.